The third-order valence-corrected chi connectivity index (χ3v) is 5.29. The van der Waals surface area contributed by atoms with E-state index < -0.39 is 11.7 Å². The van der Waals surface area contributed by atoms with E-state index in [0.29, 0.717) is 41.9 Å². The maximum Gasteiger partial charge on any atom is 0.416 e. The number of alkyl halides is 3. The van der Waals surface area contributed by atoms with E-state index in [4.69, 9.17) is 14.3 Å². The average Bonchev–Trinajstić information content (AvgIpc) is 3.32. The maximum atomic E-state index is 12.9. The Hall–Kier alpha value is -3.24. The SMILES string of the molecule is Cn1c(Cc2nc3ccc(C(F)(F)F)cc3o2)nc2cc(C(=O)CCCOCCO)ccc21. The topological polar surface area (TPSA) is 90.4 Å². The number of benzene rings is 2. The number of halogens is 3. The Labute approximate surface area is 186 Å². The molecule has 0 radical (unpaired) electrons. The third kappa shape index (κ3) is 5.07. The lowest BCUT2D eigenvalue weighted by Crippen LogP contribution is -2.04. The summed E-state index contributed by atoms with van der Waals surface area (Å²) in [6.45, 7) is 0.600. The number of rotatable bonds is 9. The number of imidazole rings is 1. The molecule has 1 N–H and O–H groups in total. The zero-order valence-corrected chi connectivity index (χ0v) is 17.9. The van der Waals surface area contributed by atoms with Crippen molar-refractivity contribution in [2.75, 3.05) is 19.8 Å². The Kier molecular flexibility index (Phi) is 6.48. The quantitative estimate of drug-likeness (QED) is 0.295. The molecule has 33 heavy (non-hydrogen) atoms. The maximum absolute atomic E-state index is 12.9. The van der Waals surface area contributed by atoms with E-state index in [1.807, 2.05) is 17.7 Å². The summed E-state index contributed by atoms with van der Waals surface area (Å²) < 4.78 is 51.4. The number of nitrogens with zero attached hydrogens (tertiary/aromatic N) is 3. The highest BCUT2D eigenvalue weighted by Gasteiger charge is 2.31. The van der Waals surface area contributed by atoms with Gasteiger partial charge in [-0.2, -0.15) is 13.2 Å². The van der Waals surface area contributed by atoms with Crippen molar-refractivity contribution in [3.8, 4) is 0 Å². The summed E-state index contributed by atoms with van der Waals surface area (Å²) in [7, 11) is 1.81. The minimum atomic E-state index is -4.46. The van der Waals surface area contributed by atoms with Gasteiger partial charge in [-0.05, 0) is 42.8 Å². The normalized spacial score (nSPS) is 12.2. The minimum absolute atomic E-state index is 0.0314. The molecule has 0 aliphatic rings. The number of ether oxygens (including phenoxy) is 1. The third-order valence-electron chi connectivity index (χ3n) is 5.29. The number of carbonyl (C=O) groups excluding carboxylic acids is 1. The van der Waals surface area contributed by atoms with Crippen molar-refractivity contribution in [1.29, 1.82) is 0 Å². The molecule has 0 saturated heterocycles. The molecule has 4 rings (SSSR count). The van der Waals surface area contributed by atoms with E-state index in [0.717, 1.165) is 17.6 Å². The Morgan fingerprint density at radius 2 is 1.94 bits per heavy atom. The number of Topliss-reactive ketones (excluding diaryl/α,β-unsaturated/α-hetero) is 1. The molecular weight excluding hydrogens is 439 g/mol. The molecule has 2 aromatic carbocycles. The molecule has 0 unspecified atom stereocenters. The van der Waals surface area contributed by atoms with E-state index in [-0.39, 0.29) is 36.9 Å². The minimum Gasteiger partial charge on any atom is -0.440 e. The van der Waals surface area contributed by atoms with Crippen molar-refractivity contribution in [3.63, 3.8) is 0 Å². The van der Waals surface area contributed by atoms with Gasteiger partial charge in [0.2, 0.25) is 5.89 Å². The van der Waals surface area contributed by atoms with Crippen LogP contribution in [0.1, 0.15) is 40.5 Å². The van der Waals surface area contributed by atoms with E-state index in [1.54, 1.807) is 12.1 Å². The van der Waals surface area contributed by atoms with Gasteiger partial charge in [0.05, 0.1) is 36.2 Å². The highest BCUT2D eigenvalue weighted by atomic mass is 19.4. The van der Waals surface area contributed by atoms with Crippen LogP contribution < -0.4 is 0 Å². The van der Waals surface area contributed by atoms with Gasteiger partial charge in [0.15, 0.2) is 11.4 Å². The van der Waals surface area contributed by atoms with Gasteiger partial charge in [0.25, 0.3) is 0 Å². The van der Waals surface area contributed by atoms with Crippen molar-refractivity contribution in [1.82, 2.24) is 14.5 Å². The van der Waals surface area contributed by atoms with Gasteiger partial charge in [-0.1, -0.05) is 0 Å². The second-order valence-electron chi connectivity index (χ2n) is 7.62. The fourth-order valence-corrected chi connectivity index (χ4v) is 3.59. The van der Waals surface area contributed by atoms with Crippen molar-refractivity contribution in [2.24, 2.45) is 7.05 Å². The van der Waals surface area contributed by atoms with Crippen LogP contribution in [0.5, 0.6) is 0 Å². The van der Waals surface area contributed by atoms with Gasteiger partial charge >= 0.3 is 6.18 Å². The first-order valence-electron chi connectivity index (χ1n) is 10.4. The highest BCUT2D eigenvalue weighted by Crippen LogP contribution is 2.32. The zero-order chi connectivity index (χ0) is 23.6. The number of aliphatic hydroxyl groups is 1. The number of carbonyl (C=O) groups is 1. The van der Waals surface area contributed by atoms with Gasteiger partial charge < -0.3 is 18.8 Å². The number of ketones is 1. The predicted molar refractivity (Wildman–Crippen MR) is 114 cm³/mol. The van der Waals surface area contributed by atoms with Crippen LogP contribution in [0, 0.1) is 0 Å². The van der Waals surface area contributed by atoms with Gasteiger partial charge in [-0.15, -0.1) is 0 Å². The van der Waals surface area contributed by atoms with Crippen LogP contribution in [-0.4, -0.2) is 45.2 Å². The Morgan fingerprint density at radius 1 is 1.12 bits per heavy atom. The van der Waals surface area contributed by atoms with Crippen LogP contribution >= 0.6 is 0 Å². The number of fused-ring (bicyclic) bond motifs is 2. The van der Waals surface area contributed by atoms with Gasteiger partial charge in [-0.25, -0.2) is 9.97 Å². The smallest absolute Gasteiger partial charge is 0.416 e. The summed E-state index contributed by atoms with van der Waals surface area (Å²) in [5.41, 5.74) is 1.59. The van der Waals surface area contributed by atoms with Crippen LogP contribution in [-0.2, 0) is 24.4 Å². The Morgan fingerprint density at radius 3 is 2.70 bits per heavy atom. The number of aromatic nitrogens is 3. The predicted octanol–water partition coefficient (Wildman–Crippen LogP) is 4.30. The van der Waals surface area contributed by atoms with Gasteiger partial charge in [0.1, 0.15) is 11.3 Å². The first-order chi connectivity index (χ1) is 15.8. The first kappa shape index (κ1) is 22.9. The van der Waals surface area contributed by atoms with Crippen LogP contribution in [0.15, 0.2) is 40.8 Å². The van der Waals surface area contributed by atoms with E-state index in [9.17, 15) is 18.0 Å². The standard InChI is InChI=1S/C23H22F3N3O4/c1-29-18-7-4-14(19(31)3-2-9-32-10-8-30)11-17(18)27-21(29)13-22-28-16-6-5-15(23(24,25)26)12-20(16)33-22/h4-7,11-12,30H,2-3,8-10,13H2,1H3. The molecule has 0 fully saturated rings. The lowest BCUT2D eigenvalue weighted by atomic mass is 10.1. The van der Waals surface area contributed by atoms with E-state index in [2.05, 4.69) is 9.97 Å². The number of aliphatic hydroxyl groups excluding tert-OH is 1. The number of hydrogen-bond acceptors (Lipinski definition) is 6. The van der Waals surface area contributed by atoms with Crippen LogP contribution in [0.2, 0.25) is 0 Å². The summed E-state index contributed by atoms with van der Waals surface area (Å²) >= 11 is 0. The Bertz CT molecular complexity index is 1290. The second-order valence-corrected chi connectivity index (χ2v) is 7.62. The van der Waals surface area contributed by atoms with Crippen molar-refractivity contribution >= 4 is 27.9 Å². The number of oxazole rings is 1. The summed E-state index contributed by atoms with van der Waals surface area (Å²) in [5, 5.41) is 8.70. The second kappa shape index (κ2) is 9.32. The molecule has 0 aliphatic carbocycles. The van der Waals surface area contributed by atoms with Gasteiger partial charge in [0, 0.05) is 25.6 Å². The van der Waals surface area contributed by atoms with Crippen molar-refractivity contribution in [2.45, 2.75) is 25.4 Å². The number of aryl methyl sites for hydroxylation is 1. The van der Waals surface area contributed by atoms with E-state index in [1.165, 1.54) is 6.07 Å². The Balaban J connectivity index is 1.51. The number of hydrogen-bond donors (Lipinski definition) is 1. The fourth-order valence-electron chi connectivity index (χ4n) is 3.59. The summed E-state index contributed by atoms with van der Waals surface area (Å²) in [6.07, 6.45) is -3.40. The molecule has 0 saturated carbocycles. The lowest BCUT2D eigenvalue weighted by Gasteiger charge is -2.04. The molecule has 0 amide bonds. The molecule has 4 aromatic rings. The molecule has 0 atom stereocenters. The molecule has 7 nitrogen and oxygen atoms in total. The van der Waals surface area contributed by atoms with Crippen LogP contribution in [0.25, 0.3) is 22.1 Å². The molecule has 0 bridgehead atoms. The van der Waals surface area contributed by atoms with Crippen LogP contribution in [0.4, 0.5) is 13.2 Å². The molecule has 2 aromatic heterocycles. The molecule has 2 heterocycles. The van der Waals surface area contributed by atoms with Crippen molar-refractivity contribution in [3.05, 3.63) is 59.2 Å². The zero-order valence-electron chi connectivity index (χ0n) is 17.9. The summed E-state index contributed by atoms with van der Waals surface area (Å²) in [6, 6.07) is 8.46. The highest BCUT2D eigenvalue weighted by molar-refractivity contribution is 5.99. The summed E-state index contributed by atoms with van der Waals surface area (Å²) in [4.78, 5) is 21.3. The lowest BCUT2D eigenvalue weighted by molar-refractivity contribution is -0.137. The molecular formula is C23H22F3N3O4. The molecule has 0 spiro atoms. The average molecular weight is 461 g/mol. The van der Waals surface area contributed by atoms with E-state index >= 15 is 0 Å². The summed E-state index contributed by atoms with van der Waals surface area (Å²) in [5.74, 6) is 0.827. The molecule has 174 valence electrons. The first-order valence-corrected chi connectivity index (χ1v) is 10.4. The molecule has 10 heteroatoms. The van der Waals surface area contributed by atoms with Crippen LogP contribution in [0.3, 0.4) is 0 Å². The fraction of sp³-hybridized carbons (Fsp3) is 0.348. The largest absolute Gasteiger partial charge is 0.440 e. The molecule has 0 aliphatic heterocycles. The van der Waals surface area contributed by atoms with Crippen molar-refractivity contribution < 1.29 is 32.2 Å². The van der Waals surface area contributed by atoms with Gasteiger partial charge in [-0.3, -0.25) is 4.79 Å². The monoisotopic (exact) mass is 461 g/mol.